The van der Waals surface area contributed by atoms with Crippen LogP contribution in [0.25, 0.3) is 0 Å². The summed E-state index contributed by atoms with van der Waals surface area (Å²) in [6.45, 7) is 3.82. The molecule has 1 aliphatic heterocycles. The van der Waals surface area contributed by atoms with Gasteiger partial charge in [0.2, 0.25) is 0 Å². The number of amides is 3. The Kier molecular flexibility index (Phi) is 7.80. The van der Waals surface area contributed by atoms with E-state index in [1.54, 1.807) is 30.3 Å². The highest BCUT2D eigenvalue weighted by Crippen LogP contribution is 2.26. The summed E-state index contributed by atoms with van der Waals surface area (Å²) in [5, 5.41) is 2.75. The molecule has 1 N–H and O–H groups in total. The van der Waals surface area contributed by atoms with Crippen LogP contribution in [0.2, 0.25) is 0 Å². The van der Waals surface area contributed by atoms with Gasteiger partial charge in [0.15, 0.2) is 6.61 Å². The Bertz CT molecular complexity index is 1030. The van der Waals surface area contributed by atoms with Gasteiger partial charge in [0, 0.05) is 23.1 Å². The zero-order valence-electron chi connectivity index (χ0n) is 18.1. The summed E-state index contributed by atoms with van der Waals surface area (Å²) in [5.41, 5.74) is 3.53. The smallest absolute Gasteiger partial charge is 0.306 e. The van der Waals surface area contributed by atoms with Gasteiger partial charge in [-0.15, -0.1) is 0 Å². The molecule has 0 radical (unpaired) electrons. The van der Waals surface area contributed by atoms with Crippen molar-refractivity contribution >= 4 is 45.3 Å². The lowest BCUT2D eigenvalue weighted by Crippen LogP contribution is -2.30. The highest BCUT2D eigenvalue weighted by atomic mass is 79.9. The van der Waals surface area contributed by atoms with Crippen LogP contribution in [0.3, 0.4) is 0 Å². The molecule has 32 heavy (non-hydrogen) atoms. The highest BCUT2D eigenvalue weighted by Gasteiger charge is 2.34. The van der Waals surface area contributed by atoms with Crippen molar-refractivity contribution in [2.24, 2.45) is 0 Å². The van der Waals surface area contributed by atoms with Crippen LogP contribution in [0.5, 0.6) is 0 Å². The van der Waals surface area contributed by atoms with Crippen molar-refractivity contribution in [3.63, 3.8) is 0 Å². The van der Waals surface area contributed by atoms with E-state index < -0.39 is 11.9 Å². The quantitative estimate of drug-likeness (QED) is 0.312. The molecular weight excluding hydrogens is 476 g/mol. The Morgan fingerprint density at radius 3 is 2.25 bits per heavy atom. The van der Waals surface area contributed by atoms with Gasteiger partial charge in [-0.1, -0.05) is 34.5 Å². The second-order valence-electron chi connectivity index (χ2n) is 7.67. The molecule has 0 fully saturated rings. The van der Waals surface area contributed by atoms with Crippen molar-refractivity contribution < 1.29 is 23.9 Å². The summed E-state index contributed by atoms with van der Waals surface area (Å²) in [6.07, 6.45) is 1.98. The molecule has 1 aliphatic rings. The number of hydrogen-bond donors (Lipinski definition) is 1. The zero-order chi connectivity index (χ0) is 23.3. The second-order valence-corrected chi connectivity index (χ2v) is 8.53. The summed E-state index contributed by atoms with van der Waals surface area (Å²) in [7, 11) is 0. The van der Waals surface area contributed by atoms with E-state index in [1.165, 1.54) is 4.90 Å². The summed E-state index contributed by atoms with van der Waals surface area (Å²) < 4.78 is 6.01. The maximum atomic E-state index is 12.3. The normalized spacial score (nSPS) is 12.7. The Labute approximate surface area is 195 Å². The van der Waals surface area contributed by atoms with Crippen molar-refractivity contribution in [1.29, 1.82) is 0 Å². The lowest BCUT2D eigenvalue weighted by atomic mass is 10.1. The van der Waals surface area contributed by atoms with Crippen molar-refractivity contribution in [3.05, 3.63) is 63.1 Å². The second kappa shape index (κ2) is 10.5. The first-order valence-corrected chi connectivity index (χ1v) is 11.2. The molecule has 0 spiro atoms. The number of nitrogens with zero attached hydrogens (tertiary/aromatic N) is 1. The van der Waals surface area contributed by atoms with E-state index in [0.29, 0.717) is 42.6 Å². The van der Waals surface area contributed by atoms with Gasteiger partial charge in [-0.2, -0.15) is 0 Å². The molecule has 7 nitrogen and oxygen atoms in total. The zero-order valence-corrected chi connectivity index (χ0v) is 19.7. The predicted octanol–water partition coefficient (Wildman–Crippen LogP) is 4.40. The Morgan fingerprint density at radius 2 is 1.59 bits per heavy atom. The fraction of sp³-hybridized carbons (Fsp3) is 0.333. The number of unbranched alkanes of at least 4 members (excludes halogenated alkanes) is 2. The summed E-state index contributed by atoms with van der Waals surface area (Å²) in [5.74, 6) is -1.39. The van der Waals surface area contributed by atoms with Crippen LogP contribution in [0.15, 0.2) is 40.9 Å². The number of ether oxygens (including phenoxy) is 1. The molecule has 3 amide bonds. The van der Waals surface area contributed by atoms with Gasteiger partial charge in [-0.3, -0.25) is 24.1 Å². The standard InChI is InChI=1S/C24H25BrN2O5/c1-15-16(2)20(12-11-19(15)25)26-21(28)14-32-22(29)10-4-3-7-13-27-23(30)17-8-5-6-9-18(17)24(27)31/h5-6,8-9,11-12H,3-4,7,10,13-14H2,1-2H3,(H,26,28). The van der Waals surface area contributed by atoms with Crippen molar-refractivity contribution in [3.8, 4) is 0 Å². The highest BCUT2D eigenvalue weighted by molar-refractivity contribution is 9.10. The third kappa shape index (κ3) is 5.43. The monoisotopic (exact) mass is 500 g/mol. The molecular formula is C24H25BrN2O5. The molecule has 0 aromatic heterocycles. The van der Waals surface area contributed by atoms with Crippen LogP contribution in [0.4, 0.5) is 5.69 Å². The average Bonchev–Trinajstić information content (AvgIpc) is 3.03. The first kappa shape index (κ1) is 23.7. The third-order valence-corrected chi connectivity index (χ3v) is 6.36. The molecule has 8 heteroatoms. The van der Waals surface area contributed by atoms with Crippen LogP contribution in [0.1, 0.15) is 57.5 Å². The Balaban J connectivity index is 1.33. The molecule has 168 valence electrons. The number of carbonyl (C=O) groups is 4. The van der Waals surface area contributed by atoms with E-state index >= 15 is 0 Å². The average molecular weight is 501 g/mol. The van der Waals surface area contributed by atoms with E-state index in [1.807, 2.05) is 19.9 Å². The van der Waals surface area contributed by atoms with E-state index in [2.05, 4.69) is 21.2 Å². The number of benzene rings is 2. The van der Waals surface area contributed by atoms with Crippen LogP contribution < -0.4 is 5.32 Å². The lowest BCUT2D eigenvalue weighted by molar-refractivity contribution is -0.147. The Hall–Kier alpha value is -3.00. The summed E-state index contributed by atoms with van der Waals surface area (Å²) in [6, 6.07) is 10.4. The van der Waals surface area contributed by atoms with E-state index in [-0.39, 0.29) is 24.8 Å². The first-order chi connectivity index (χ1) is 15.3. The number of carbonyl (C=O) groups excluding carboxylic acids is 4. The molecule has 0 bridgehead atoms. The fourth-order valence-electron chi connectivity index (χ4n) is 3.49. The van der Waals surface area contributed by atoms with Gasteiger partial charge in [0.05, 0.1) is 11.1 Å². The van der Waals surface area contributed by atoms with Gasteiger partial charge in [-0.25, -0.2) is 0 Å². The Morgan fingerprint density at radius 1 is 0.938 bits per heavy atom. The van der Waals surface area contributed by atoms with Crippen LogP contribution in [-0.2, 0) is 14.3 Å². The topological polar surface area (TPSA) is 92.8 Å². The minimum atomic E-state index is -0.454. The van der Waals surface area contributed by atoms with E-state index in [9.17, 15) is 19.2 Å². The van der Waals surface area contributed by atoms with Gasteiger partial charge in [0.25, 0.3) is 17.7 Å². The van der Waals surface area contributed by atoms with Gasteiger partial charge >= 0.3 is 5.97 Å². The number of fused-ring (bicyclic) bond motifs is 1. The number of halogens is 1. The van der Waals surface area contributed by atoms with Gasteiger partial charge in [-0.05, 0) is 62.1 Å². The molecule has 1 heterocycles. The number of anilines is 1. The van der Waals surface area contributed by atoms with Crippen molar-refractivity contribution in [1.82, 2.24) is 4.90 Å². The van der Waals surface area contributed by atoms with E-state index in [4.69, 9.17) is 4.74 Å². The molecule has 0 aliphatic carbocycles. The third-order valence-electron chi connectivity index (χ3n) is 5.50. The number of hydrogen-bond acceptors (Lipinski definition) is 5. The van der Waals surface area contributed by atoms with Gasteiger partial charge in [0.1, 0.15) is 0 Å². The number of imide groups is 1. The van der Waals surface area contributed by atoms with Crippen molar-refractivity contribution in [2.45, 2.75) is 39.5 Å². The maximum Gasteiger partial charge on any atom is 0.306 e. The molecule has 0 saturated heterocycles. The number of esters is 1. The molecule has 0 saturated carbocycles. The molecule has 2 aromatic rings. The molecule has 0 unspecified atom stereocenters. The SMILES string of the molecule is Cc1c(Br)ccc(NC(=O)COC(=O)CCCCCN2C(=O)c3ccccc3C2=O)c1C. The number of rotatable bonds is 9. The van der Waals surface area contributed by atoms with Crippen LogP contribution in [0, 0.1) is 13.8 Å². The summed E-state index contributed by atoms with van der Waals surface area (Å²) in [4.78, 5) is 49.8. The minimum absolute atomic E-state index is 0.172. The number of nitrogens with one attached hydrogen (secondary N) is 1. The van der Waals surface area contributed by atoms with E-state index in [0.717, 1.165) is 15.6 Å². The summed E-state index contributed by atoms with van der Waals surface area (Å²) >= 11 is 3.45. The minimum Gasteiger partial charge on any atom is -0.456 e. The lowest BCUT2D eigenvalue weighted by Gasteiger charge is -2.13. The largest absolute Gasteiger partial charge is 0.456 e. The van der Waals surface area contributed by atoms with Crippen LogP contribution in [-0.4, -0.2) is 41.7 Å². The predicted molar refractivity (Wildman–Crippen MR) is 123 cm³/mol. The van der Waals surface area contributed by atoms with Crippen molar-refractivity contribution in [2.75, 3.05) is 18.5 Å². The van der Waals surface area contributed by atoms with Gasteiger partial charge < -0.3 is 10.1 Å². The molecule has 2 aromatic carbocycles. The fourth-order valence-corrected chi connectivity index (χ4v) is 3.92. The first-order valence-electron chi connectivity index (χ1n) is 10.5. The van der Waals surface area contributed by atoms with Crippen LogP contribution >= 0.6 is 15.9 Å². The molecule has 3 rings (SSSR count). The molecule has 0 atom stereocenters. The maximum absolute atomic E-state index is 12.3.